The highest BCUT2D eigenvalue weighted by molar-refractivity contribution is 5.90. The summed E-state index contributed by atoms with van der Waals surface area (Å²) in [5, 5.41) is 20.1. The van der Waals surface area contributed by atoms with Gasteiger partial charge in [-0.2, -0.15) is 0 Å². The lowest BCUT2D eigenvalue weighted by atomic mass is 9.35. The Morgan fingerprint density at radius 3 is 1.41 bits per heavy atom. The van der Waals surface area contributed by atoms with Crippen molar-refractivity contribution >= 4 is 24.0 Å². The van der Waals surface area contributed by atoms with Gasteiger partial charge in [0.2, 0.25) is 0 Å². The summed E-state index contributed by atoms with van der Waals surface area (Å²) >= 11 is 0. The molecule has 196 valence electrons. The van der Waals surface area contributed by atoms with Gasteiger partial charge in [-0.05, 0) is 80.1 Å². The Balaban J connectivity index is 0.000000297. The number of rotatable bonds is 4. The summed E-state index contributed by atoms with van der Waals surface area (Å²) in [6.07, 6.45) is 3.03. The minimum Gasteiger partial charge on any atom is -0.481 e. The molecule has 0 spiro atoms. The first-order valence-corrected chi connectivity index (χ1v) is 11.4. The third-order valence-corrected chi connectivity index (χ3v) is 6.52. The average molecular weight is 489 g/mol. The van der Waals surface area contributed by atoms with Crippen molar-refractivity contribution in [1.29, 1.82) is 0 Å². The number of carboxylic acid groups (broad SMARTS) is 1. The largest absolute Gasteiger partial charge is 0.481 e. The molecule has 4 bridgehead atoms. The standard InChI is InChI=1S/C12H19NO4.C8H10O4.C4H10O.H2/c1-10(2,3)17-9(15)13-12-5-11(6-12,7-12)8(14)16-4;1-12-6(11)8-2-7(3-8,4-8)5(9)10;1-4(2,3)5;/h5-7H2,1-4H3,(H,13,15);2-4H2,1H3,(H,9,10);5H,1-3H3;1H/i;;;1+1. The normalized spacial score (nSPS) is 33.8. The molecule has 0 saturated heterocycles. The second-order valence-electron chi connectivity index (χ2n) is 12.3. The molecule has 0 radical (unpaired) electrons. The molecule has 6 rings (SSSR count). The van der Waals surface area contributed by atoms with Crippen molar-refractivity contribution in [2.45, 2.75) is 96.8 Å². The summed E-state index contributed by atoms with van der Waals surface area (Å²) in [6, 6.07) is 0. The van der Waals surface area contributed by atoms with Crippen molar-refractivity contribution in [2.75, 3.05) is 14.2 Å². The van der Waals surface area contributed by atoms with Crippen molar-refractivity contribution in [3.8, 4) is 0 Å². The first-order valence-electron chi connectivity index (χ1n) is 11.4. The van der Waals surface area contributed by atoms with Crippen LogP contribution in [0.2, 0.25) is 0 Å². The lowest BCUT2D eigenvalue weighted by Gasteiger charge is -2.67. The van der Waals surface area contributed by atoms with Crippen LogP contribution in [0.15, 0.2) is 0 Å². The summed E-state index contributed by atoms with van der Waals surface area (Å²) in [5.41, 5.74) is -2.55. The topological polar surface area (TPSA) is 148 Å². The molecule has 6 aliphatic carbocycles. The number of hydrogen-bond acceptors (Lipinski definition) is 8. The van der Waals surface area contributed by atoms with E-state index in [1.807, 2.05) is 20.8 Å². The van der Waals surface area contributed by atoms with Gasteiger partial charge in [-0.15, -0.1) is 0 Å². The number of hydrogen-bond donors (Lipinski definition) is 3. The summed E-state index contributed by atoms with van der Waals surface area (Å²) in [6.45, 7) is 10.7. The number of amides is 1. The molecule has 3 N–H and O–H groups in total. The maximum Gasteiger partial charge on any atom is 0.408 e. The zero-order chi connectivity index (χ0) is 26.4. The number of carbonyl (C=O) groups is 4. The van der Waals surface area contributed by atoms with Crippen LogP contribution in [0.1, 0.15) is 81.5 Å². The van der Waals surface area contributed by atoms with Gasteiger partial charge in [0.25, 0.3) is 0 Å². The Labute approximate surface area is 202 Å². The van der Waals surface area contributed by atoms with Gasteiger partial charge in [-0.25, -0.2) is 4.79 Å². The summed E-state index contributed by atoms with van der Waals surface area (Å²) in [5.74, 6) is -1.18. The van der Waals surface area contributed by atoms with Gasteiger partial charge in [0.1, 0.15) is 5.60 Å². The molecule has 34 heavy (non-hydrogen) atoms. The smallest absolute Gasteiger partial charge is 0.408 e. The highest BCUT2D eigenvalue weighted by Gasteiger charge is 2.76. The molecule has 0 aliphatic heterocycles. The van der Waals surface area contributed by atoms with Gasteiger partial charge >= 0.3 is 24.0 Å². The fourth-order valence-corrected chi connectivity index (χ4v) is 5.32. The van der Waals surface area contributed by atoms with Gasteiger partial charge in [0.15, 0.2) is 0 Å². The zero-order valence-electron chi connectivity index (χ0n) is 21.5. The van der Waals surface area contributed by atoms with E-state index in [-0.39, 0.29) is 24.3 Å². The molecular formula is C24H41NO9. The molecule has 6 saturated carbocycles. The van der Waals surface area contributed by atoms with E-state index in [2.05, 4.69) is 10.1 Å². The number of alkyl carbamates (subject to hydrolysis) is 1. The van der Waals surface area contributed by atoms with Crippen LogP contribution in [-0.4, -0.2) is 65.2 Å². The highest BCUT2D eigenvalue weighted by atomic mass is 16.6. The van der Waals surface area contributed by atoms with Crippen LogP contribution in [-0.2, 0) is 28.6 Å². The first kappa shape index (κ1) is 27.9. The molecule has 6 aliphatic rings. The van der Waals surface area contributed by atoms with E-state index < -0.39 is 34.1 Å². The number of carbonyl (C=O) groups excluding carboxylic acids is 3. The van der Waals surface area contributed by atoms with Crippen LogP contribution in [0.25, 0.3) is 0 Å². The van der Waals surface area contributed by atoms with Crippen LogP contribution in [0, 0.1) is 16.2 Å². The van der Waals surface area contributed by atoms with Crippen LogP contribution in [0.3, 0.4) is 0 Å². The van der Waals surface area contributed by atoms with Crippen LogP contribution in [0.5, 0.6) is 0 Å². The van der Waals surface area contributed by atoms with E-state index in [0.717, 1.165) is 0 Å². The van der Waals surface area contributed by atoms with E-state index in [0.29, 0.717) is 38.5 Å². The second kappa shape index (κ2) is 8.70. The maximum absolute atomic E-state index is 11.6. The maximum atomic E-state index is 11.6. The average Bonchev–Trinajstić information content (AvgIpc) is 2.50. The van der Waals surface area contributed by atoms with E-state index >= 15 is 0 Å². The number of ether oxygens (including phenoxy) is 3. The molecule has 0 unspecified atom stereocenters. The Bertz CT molecular complexity index is 810. The molecule has 6 fully saturated rings. The predicted octanol–water partition coefficient (Wildman–Crippen LogP) is 3.04. The molecule has 0 atom stereocenters. The Kier molecular flexibility index (Phi) is 7.13. The molecular weight excluding hydrogens is 446 g/mol. The lowest BCUT2D eigenvalue weighted by molar-refractivity contribution is -0.232. The number of aliphatic hydroxyl groups is 1. The molecule has 10 heteroatoms. The Morgan fingerprint density at radius 1 is 0.765 bits per heavy atom. The highest BCUT2D eigenvalue weighted by Crippen LogP contribution is 2.73. The fraction of sp³-hybridized carbons (Fsp3) is 0.833. The minimum atomic E-state index is -0.770. The van der Waals surface area contributed by atoms with Crippen molar-refractivity contribution < 1.29 is 45.0 Å². The summed E-state index contributed by atoms with van der Waals surface area (Å²) in [4.78, 5) is 44.8. The SMILES string of the molecule is CC(C)(C)O.COC(=O)C12CC(C(=O)O)(C1)C2.COC(=O)C12CC(NC(=O)OC(C)(C)C)(C1)C2.[2HH]. The number of esters is 2. The van der Waals surface area contributed by atoms with E-state index in [1.54, 1.807) is 20.8 Å². The lowest BCUT2D eigenvalue weighted by Crippen LogP contribution is -2.77. The predicted molar refractivity (Wildman–Crippen MR) is 123 cm³/mol. The van der Waals surface area contributed by atoms with Crippen LogP contribution in [0.4, 0.5) is 4.79 Å². The van der Waals surface area contributed by atoms with Gasteiger partial charge in [0.05, 0.1) is 36.1 Å². The Morgan fingerprint density at radius 2 is 1.12 bits per heavy atom. The first-order chi connectivity index (χ1) is 15.2. The summed E-state index contributed by atoms with van der Waals surface area (Å²) < 4.78 is 14.5. The van der Waals surface area contributed by atoms with Crippen molar-refractivity contribution in [1.82, 2.24) is 5.32 Å². The molecule has 0 aromatic rings. The second-order valence-corrected chi connectivity index (χ2v) is 12.3. The fourth-order valence-electron chi connectivity index (χ4n) is 5.32. The van der Waals surface area contributed by atoms with Crippen LogP contribution < -0.4 is 5.32 Å². The molecule has 0 aromatic carbocycles. The van der Waals surface area contributed by atoms with Crippen LogP contribution >= 0.6 is 0 Å². The minimum absolute atomic E-state index is 0. The third kappa shape index (κ3) is 5.64. The van der Waals surface area contributed by atoms with Crippen molar-refractivity contribution in [3.63, 3.8) is 0 Å². The van der Waals surface area contributed by atoms with E-state index in [4.69, 9.17) is 19.7 Å². The molecule has 0 aromatic heterocycles. The Hall–Kier alpha value is -2.36. The van der Waals surface area contributed by atoms with Gasteiger partial charge < -0.3 is 29.7 Å². The zero-order valence-corrected chi connectivity index (χ0v) is 21.5. The number of aliphatic carboxylic acids is 1. The van der Waals surface area contributed by atoms with Gasteiger partial charge in [0, 0.05) is 6.97 Å². The molecule has 1 amide bonds. The van der Waals surface area contributed by atoms with Gasteiger partial charge in [-0.1, -0.05) is 0 Å². The van der Waals surface area contributed by atoms with Crippen molar-refractivity contribution in [3.05, 3.63) is 0 Å². The van der Waals surface area contributed by atoms with Gasteiger partial charge in [-0.3, -0.25) is 14.4 Å². The summed E-state index contributed by atoms with van der Waals surface area (Å²) in [7, 11) is 2.74. The third-order valence-electron chi connectivity index (χ3n) is 6.52. The van der Waals surface area contributed by atoms with Crippen molar-refractivity contribution in [2.24, 2.45) is 16.2 Å². The molecule has 0 heterocycles. The van der Waals surface area contributed by atoms with E-state index in [1.165, 1.54) is 14.2 Å². The van der Waals surface area contributed by atoms with E-state index in [9.17, 15) is 19.2 Å². The quantitative estimate of drug-likeness (QED) is 0.401. The number of methoxy groups -OCH3 is 2. The monoisotopic (exact) mass is 488 g/mol. The number of nitrogens with one attached hydrogen (secondary N) is 1. The molecule has 10 nitrogen and oxygen atoms in total. The number of carboxylic acids is 1.